The Labute approximate surface area is 135 Å². The van der Waals surface area contributed by atoms with Crippen LogP contribution < -0.4 is 5.32 Å². The molecule has 0 aromatic rings. The molecule has 0 bridgehead atoms. The van der Waals surface area contributed by atoms with Crippen LogP contribution in [-0.2, 0) is 9.59 Å². The zero-order valence-electron chi connectivity index (χ0n) is 14.4. The van der Waals surface area contributed by atoms with Gasteiger partial charge in [-0.1, -0.05) is 56.9 Å². The highest BCUT2D eigenvalue weighted by atomic mass is 16.1. The van der Waals surface area contributed by atoms with Gasteiger partial charge < -0.3 is 5.32 Å². The smallest absolute Gasteiger partial charge is 0.220 e. The molecule has 0 radical (unpaired) electrons. The van der Waals surface area contributed by atoms with Crippen LogP contribution >= 0.6 is 0 Å². The summed E-state index contributed by atoms with van der Waals surface area (Å²) in [7, 11) is 0. The van der Waals surface area contributed by atoms with Crippen molar-refractivity contribution in [3.05, 3.63) is 36.0 Å². The SMILES string of the molecule is C/C=C\C(=C/C)CC(=O)/C=C\CNC(=O)CCCCCCC. The number of hydrogen-bond acceptors (Lipinski definition) is 2. The fraction of sp³-hybridized carbons (Fsp3) is 0.579. The highest BCUT2D eigenvalue weighted by molar-refractivity contribution is 5.91. The van der Waals surface area contributed by atoms with E-state index in [1.54, 1.807) is 12.2 Å². The molecule has 0 saturated carbocycles. The first-order valence-corrected chi connectivity index (χ1v) is 8.38. The van der Waals surface area contributed by atoms with Crippen LogP contribution in [0.3, 0.4) is 0 Å². The molecule has 0 aliphatic heterocycles. The highest BCUT2D eigenvalue weighted by Gasteiger charge is 2.01. The zero-order valence-corrected chi connectivity index (χ0v) is 14.4. The maximum absolute atomic E-state index is 11.7. The average Bonchev–Trinajstić information content (AvgIpc) is 2.51. The predicted molar refractivity (Wildman–Crippen MR) is 93.7 cm³/mol. The van der Waals surface area contributed by atoms with Gasteiger partial charge in [0.2, 0.25) is 5.91 Å². The largest absolute Gasteiger partial charge is 0.353 e. The molecular formula is C19H31NO2. The second kappa shape index (κ2) is 14.3. The molecule has 0 aliphatic carbocycles. The summed E-state index contributed by atoms with van der Waals surface area (Å²) in [6.07, 6.45) is 15.8. The third kappa shape index (κ3) is 12.1. The maximum Gasteiger partial charge on any atom is 0.220 e. The molecule has 1 N–H and O–H groups in total. The van der Waals surface area contributed by atoms with Gasteiger partial charge in [-0.25, -0.2) is 0 Å². The van der Waals surface area contributed by atoms with E-state index in [4.69, 9.17) is 0 Å². The van der Waals surface area contributed by atoms with Crippen LogP contribution in [0.25, 0.3) is 0 Å². The van der Waals surface area contributed by atoms with Gasteiger partial charge in [-0.05, 0) is 31.9 Å². The van der Waals surface area contributed by atoms with Crippen LogP contribution in [0.1, 0.15) is 65.7 Å². The van der Waals surface area contributed by atoms with E-state index in [1.807, 2.05) is 32.1 Å². The molecular weight excluding hydrogens is 274 g/mol. The van der Waals surface area contributed by atoms with Gasteiger partial charge in [-0.15, -0.1) is 0 Å². The van der Waals surface area contributed by atoms with Gasteiger partial charge in [0.15, 0.2) is 5.78 Å². The normalized spacial score (nSPS) is 12.2. The highest BCUT2D eigenvalue weighted by Crippen LogP contribution is 2.05. The summed E-state index contributed by atoms with van der Waals surface area (Å²) >= 11 is 0. The van der Waals surface area contributed by atoms with Crippen molar-refractivity contribution in [1.82, 2.24) is 5.32 Å². The van der Waals surface area contributed by atoms with Crippen LogP contribution in [0.2, 0.25) is 0 Å². The van der Waals surface area contributed by atoms with E-state index in [0.717, 1.165) is 18.4 Å². The Morgan fingerprint density at radius 1 is 1.00 bits per heavy atom. The summed E-state index contributed by atoms with van der Waals surface area (Å²) in [6, 6.07) is 0. The molecule has 3 nitrogen and oxygen atoms in total. The van der Waals surface area contributed by atoms with Gasteiger partial charge in [0.25, 0.3) is 0 Å². The molecule has 0 aliphatic rings. The van der Waals surface area contributed by atoms with Crippen LogP contribution in [-0.4, -0.2) is 18.2 Å². The first-order chi connectivity index (χ1) is 10.6. The quantitative estimate of drug-likeness (QED) is 0.328. The molecule has 0 unspecified atom stereocenters. The lowest BCUT2D eigenvalue weighted by atomic mass is 10.1. The number of carbonyl (C=O) groups is 2. The van der Waals surface area contributed by atoms with Gasteiger partial charge >= 0.3 is 0 Å². The Morgan fingerprint density at radius 3 is 2.36 bits per heavy atom. The first-order valence-electron chi connectivity index (χ1n) is 8.38. The number of ketones is 1. The van der Waals surface area contributed by atoms with Gasteiger partial charge in [0.1, 0.15) is 0 Å². The second-order valence-corrected chi connectivity index (χ2v) is 5.38. The van der Waals surface area contributed by atoms with Crippen molar-refractivity contribution in [3.8, 4) is 0 Å². The van der Waals surface area contributed by atoms with E-state index >= 15 is 0 Å². The lowest BCUT2D eigenvalue weighted by molar-refractivity contribution is -0.121. The fourth-order valence-corrected chi connectivity index (χ4v) is 2.07. The maximum atomic E-state index is 11.7. The Balaban J connectivity index is 3.80. The summed E-state index contributed by atoms with van der Waals surface area (Å²) in [6.45, 7) is 6.46. The van der Waals surface area contributed by atoms with E-state index < -0.39 is 0 Å². The minimum absolute atomic E-state index is 0.0556. The molecule has 3 heteroatoms. The molecule has 0 aromatic carbocycles. The Morgan fingerprint density at radius 2 is 1.73 bits per heavy atom. The molecule has 0 fully saturated rings. The van der Waals surface area contributed by atoms with E-state index in [1.165, 1.54) is 19.3 Å². The standard InChI is InChI=1S/C19H31NO2/c1-4-7-8-9-10-14-19(22)20-15-11-13-18(21)16-17(6-3)12-5-2/h5-6,11-13H,4,7-10,14-16H2,1-3H3,(H,20,22)/b12-5-,13-11-,17-6+. The second-order valence-electron chi connectivity index (χ2n) is 5.38. The molecule has 1 amide bonds. The van der Waals surface area contributed by atoms with E-state index in [-0.39, 0.29) is 11.7 Å². The van der Waals surface area contributed by atoms with Crippen molar-refractivity contribution < 1.29 is 9.59 Å². The summed E-state index contributed by atoms with van der Waals surface area (Å²) in [5.74, 6) is 0.122. The van der Waals surface area contributed by atoms with E-state index in [2.05, 4.69) is 12.2 Å². The van der Waals surface area contributed by atoms with Crippen molar-refractivity contribution >= 4 is 11.7 Å². The molecule has 0 rings (SSSR count). The molecule has 0 saturated heterocycles. The summed E-state index contributed by atoms with van der Waals surface area (Å²) in [5, 5.41) is 2.81. The van der Waals surface area contributed by atoms with Crippen molar-refractivity contribution in [1.29, 1.82) is 0 Å². The Bertz CT molecular complexity index is 406. The van der Waals surface area contributed by atoms with Gasteiger partial charge in [-0.3, -0.25) is 9.59 Å². The monoisotopic (exact) mass is 305 g/mol. The minimum Gasteiger partial charge on any atom is -0.353 e. The number of unbranched alkanes of at least 4 members (excludes halogenated alkanes) is 4. The fourth-order valence-electron chi connectivity index (χ4n) is 2.07. The van der Waals surface area contributed by atoms with Crippen LogP contribution in [0, 0.1) is 0 Å². The average molecular weight is 305 g/mol. The van der Waals surface area contributed by atoms with E-state index in [0.29, 0.717) is 19.4 Å². The van der Waals surface area contributed by atoms with Crippen molar-refractivity contribution in [3.63, 3.8) is 0 Å². The first kappa shape index (κ1) is 20.4. The number of hydrogen-bond donors (Lipinski definition) is 1. The van der Waals surface area contributed by atoms with Gasteiger partial charge in [0, 0.05) is 19.4 Å². The topological polar surface area (TPSA) is 46.2 Å². The molecule has 0 atom stereocenters. The van der Waals surface area contributed by atoms with Crippen molar-refractivity contribution in [2.24, 2.45) is 0 Å². The number of amides is 1. The van der Waals surface area contributed by atoms with Gasteiger partial charge in [0.05, 0.1) is 0 Å². The molecule has 0 aromatic heterocycles. The van der Waals surface area contributed by atoms with Crippen LogP contribution in [0.5, 0.6) is 0 Å². The summed E-state index contributed by atoms with van der Waals surface area (Å²) < 4.78 is 0. The van der Waals surface area contributed by atoms with Crippen molar-refractivity contribution in [2.75, 3.05) is 6.54 Å². The number of nitrogens with one attached hydrogen (secondary N) is 1. The number of carbonyl (C=O) groups excluding carboxylic acids is 2. The third-order valence-corrected chi connectivity index (χ3v) is 3.36. The molecule has 0 spiro atoms. The minimum atomic E-state index is 0.0556. The van der Waals surface area contributed by atoms with E-state index in [9.17, 15) is 9.59 Å². The Hall–Kier alpha value is -1.64. The summed E-state index contributed by atoms with van der Waals surface area (Å²) in [5.41, 5.74) is 1.01. The lowest BCUT2D eigenvalue weighted by Crippen LogP contribution is -2.22. The van der Waals surface area contributed by atoms with Crippen molar-refractivity contribution in [2.45, 2.75) is 65.7 Å². The predicted octanol–water partition coefficient (Wildman–Crippen LogP) is 4.50. The zero-order chi connectivity index (χ0) is 16.6. The lowest BCUT2D eigenvalue weighted by Gasteiger charge is -2.02. The number of allylic oxidation sites excluding steroid dienone is 5. The third-order valence-electron chi connectivity index (χ3n) is 3.36. The van der Waals surface area contributed by atoms with Crippen LogP contribution in [0.15, 0.2) is 36.0 Å². The van der Waals surface area contributed by atoms with Gasteiger partial charge in [-0.2, -0.15) is 0 Å². The molecule has 0 heterocycles. The number of rotatable bonds is 12. The Kier molecular flexibility index (Phi) is 13.2. The van der Waals surface area contributed by atoms with Crippen LogP contribution in [0.4, 0.5) is 0 Å². The molecule has 124 valence electrons. The summed E-state index contributed by atoms with van der Waals surface area (Å²) in [4.78, 5) is 23.3. The molecule has 22 heavy (non-hydrogen) atoms.